The van der Waals surface area contributed by atoms with E-state index >= 15 is 0 Å². The van der Waals surface area contributed by atoms with E-state index in [-0.39, 0.29) is 17.4 Å². The van der Waals surface area contributed by atoms with Crippen molar-refractivity contribution in [3.8, 4) is 10.7 Å². The van der Waals surface area contributed by atoms with Gasteiger partial charge in [-0.1, -0.05) is 55.4 Å². The summed E-state index contributed by atoms with van der Waals surface area (Å²) < 4.78 is 5.25. The van der Waals surface area contributed by atoms with E-state index in [2.05, 4.69) is 53.6 Å². The summed E-state index contributed by atoms with van der Waals surface area (Å²) in [5, 5.41) is 9.03. The molecule has 0 saturated carbocycles. The van der Waals surface area contributed by atoms with Crippen LogP contribution in [0.25, 0.3) is 10.7 Å². The fourth-order valence-corrected chi connectivity index (χ4v) is 3.90. The van der Waals surface area contributed by atoms with Gasteiger partial charge in [-0.05, 0) is 35.8 Å². The van der Waals surface area contributed by atoms with Crippen LogP contribution in [0.1, 0.15) is 45.1 Å². The average Bonchev–Trinajstić information content (AvgIpc) is 3.31. The van der Waals surface area contributed by atoms with E-state index < -0.39 is 0 Å². The maximum absolute atomic E-state index is 12.3. The van der Waals surface area contributed by atoms with Crippen LogP contribution >= 0.6 is 11.3 Å². The molecule has 2 heterocycles. The number of aromatic nitrogens is 2. The van der Waals surface area contributed by atoms with Gasteiger partial charge in [0.05, 0.1) is 4.88 Å². The van der Waals surface area contributed by atoms with Crippen molar-refractivity contribution in [2.45, 2.75) is 51.5 Å². The smallest absolute Gasteiger partial charge is 0.227 e. The Kier molecular flexibility index (Phi) is 6.06. The monoisotopic (exact) mass is 383 g/mol. The zero-order valence-corrected chi connectivity index (χ0v) is 16.8. The molecule has 3 aromatic rings. The second-order valence-corrected chi connectivity index (χ2v) is 8.36. The van der Waals surface area contributed by atoms with Gasteiger partial charge in [-0.3, -0.25) is 4.79 Å². The number of hydrogen-bond acceptors (Lipinski definition) is 5. The number of thiophene rings is 1. The van der Waals surface area contributed by atoms with Crippen LogP contribution < -0.4 is 5.32 Å². The lowest BCUT2D eigenvalue weighted by atomic mass is 9.79. The Morgan fingerprint density at radius 3 is 2.70 bits per heavy atom. The van der Waals surface area contributed by atoms with E-state index in [1.807, 2.05) is 30.5 Å². The summed E-state index contributed by atoms with van der Waals surface area (Å²) >= 11 is 1.56. The highest BCUT2D eigenvalue weighted by molar-refractivity contribution is 7.13. The fraction of sp³-hybridized carbons (Fsp3) is 0.381. The summed E-state index contributed by atoms with van der Waals surface area (Å²) in [6, 6.07) is 14.4. The molecule has 0 aliphatic heterocycles. The van der Waals surface area contributed by atoms with Gasteiger partial charge >= 0.3 is 0 Å². The second-order valence-electron chi connectivity index (χ2n) is 7.41. The van der Waals surface area contributed by atoms with E-state index in [9.17, 15) is 4.79 Å². The molecule has 0 bridgehead atoms. The van der Waals surface area contributed by atoms with Crippen LogP contribution in [0.4, 0.5) is 0 Å². The Balaban J connectivity index is 1.48. The number of benzene rings is 1. The standard InChI is InChI=1S/C21H25N3O2S/c1-15(14-21(2,3)16-8-5-4-6-9-16)22-18(25)11-12-19-23-20(24-26-19)17-10-7-13-27-17/h4-10,13,15H,11-12,14H2,1-3H3,(H,22,25). The number of hydrogen-bond donors (Lipinski definition) is 1. The number of nitrogens with zero attached hydrogens (tertiary/aromatic N) is 2. The van der Waals surface area contributed by atoms with Crippen LogP contribution in [0.2, 0.25) is 0 Å². The average molecular weight is 384 g/mol. The fourth-order valence-electron chi connectivity index (χ4n) is 3.25. The van der Waals surface area contributed by atoms with Crippen molar-refractivity contribution < 1.29 is 9.32 Å². The third-order valence-corrected chi connectivity index (χ3v) is 5.42. The first-order chi connectivity index (χ1) is 12.9. The van der Waals surface area contributed by atoms with Crippen LogP contribution in [-0.4, -0.2) is 22.1 Å². The first kappa shape index (κ1) is 19.3. The van der Waals surface area contributed by atoms with E-state index in [4.69, 9.17) is 4.52 Å². The van der Waals surface area contributed by atoms with Crippen molar-refractivity contribution in [1.82, 2.24) is 15.5 Å². The lowest BCUT2D eigenvalue weighted by Crippen LogP contribution is -2.37. The Bertz CT molecular complexity index is 857. The number of rotatable bonds is 8. The summed E-state index contributed by atoms with van der Waals surface area (Å²) in [6.07, 6.45) is 1.65. The predicted octanol–water partition coefficient (Wildman–Crippen LogP) is 4.60. The van der Waals surface area contributed by atoms with Gasteiger partial charge in [-0.25, -0.2) is 0 Å². The minimum atomic E-state index is -0.00392. The van der Waals surface area contributed by atoms with Gasteiger partial charge in [-0.15, -0.1) is 11.3 Å². The molecule has 1 unspecified atom stereocenters. The van der Waals surface area contributed by atoms with Gasteiger partial charge in [0.15, 0.2) is 0 Å². The van der Waals surface area contributed by atoms with Gasteiger partial charge in [0.1, 0.15) is 0 Å². The van der Waals surface area contributed by atoms with Gasteiger partial charge in [0.25, 0.3) is 0 Å². The molecule has 0 spiro atoms. The summed E-state index contributed by atoms with van der Waals surface area (Å²) in [7, 11) is 0. The number of carbonyl (C=O) groups is 1. The third-order valence-electron chi connectivity index (χ3n) is 4.55. The summed E-state index contributed by atoms with van der Waals surface area (Å²) in [5.41, 5.74) is 1.27. The Hall–Kier alpha value is -2.47. The molecule has 27 heavy (non-hydrogen) atoms. The molecule has 0 radical (unpaired) electrons. The van der Waals surface area contributed by atoms with Crippen molar-refractivity contribution in [2.75, 3.05) is 0 Å². The largest absolute Gasteiger partial charge is 0.354 e. The third kappa shape index (κ3) is 5.26. The molecular weight excluding hydrogens is 358 g/mol. The molecule has 2 aromatic heterocycles. The zero-order valence-electron chi connectivity index (χ0n) is 15.9. The molecule has 0 aliphatic carbocycles. The van der Waals surface area contributed by atoms with Crippen LogP contribution in [0, 0.1) is 0 Å². The van der Waals surface area contributed by atoms with Gasteiger partial charge in [-0.2, -0.15) is 4.98 Å². The lowest BCUT2D eigenvalue weighted by Gasteiger charge is -2.29. The van der Waals surface area contributed by atoms with E-state index in [1.165, 1.54) is 5.56 Å². The molecule has 6 heteroatoms. The molecule has 0 fully saturated rings. The van der Waals surface area contributed by atoms with E-state index in [1.54, 1.807) is 11.3 Å². The van der Waals surface area contributed by atoms with Crippen molar-refractivity contribution in [3.05, 3.63) is 59.3 Å². The van der Waals surface area contributed by atoms with Crippen molar-refractivity contribution in [1.29, 1.82) is 0 Å². The van der Waals surface area contributed by atoms with Crippen LogP contribution in [0.15, 0.2) is 52.4 Å². The van der Waals surface area contributed by atoms with Crippen LogP contribution in [-0.2, 0) is 16.6 Å². The molecular formula is C21H25N3O2S. The first-order valence-electron chi connectivity index (χ1n) is 9.15. The predicted molar refractivity (Wildman–Crippen MR) is 108 cm³/mol. The molecule has 1 N–H and O–H groups in total. The zero-order chi connectivity index (χ0) is 19.3. The number of carbonyl (C=O) groups excluding carboxylic acids is 1. The molecule has 1 atom stereocenters. The summed E-state index contributed by atoms with van der Waals surface area (Å²) in [4.78, 5) is 17.6. The quantitative estimate of drug-likeness (QED) is 0.617. The molecule has 1 aromatic carbocycles. The minimum Gasteiger partial charge on any atom is -0.354 e. The van der Waals surface area contributed by atoms with Crippen LogP contribution in [0.3, 0.4) is 0 Å². The highest BCUT2D eigenvalue weighted by atomic mass is 32.1. The van der Waals surface area contributed by atoms with Gasteiger partial charge < -0.3 is 9.84 Å². The maximum Gasteiger partial charge on any atom is 0.227 e. The Morgan fingerprint density at radius 2 is 2.00 bits per heavy atom. The van der Waals surface area contributed by atoms with Gasteiger partial charge in [0.2, 0.25) is 17.6 Å². The summed E-state index contributed by atoms with van der Waals surface area (Å²) in [6.45, 7) is 6.45. The molecule has 1 amide bonds. The molecule has 5 nitrogen and oxygen atoms in total. The number of aryl methyl sites for hydroxylation is 1. The highest BCUT2D eigenvalue weighted by Gasteiger charge is 2.24. The molecule has 3 rings (SSSR count). The number of amides is 1. The molecule has 142 valence electrons. The van der Waals surface area contributed by atoms with E-state index in [0.29, 0.717) is 24.6 Å². The summed E-state index contributed by atoms with van der Waals surface area (Å²) in [5.74, 6) is 1.08. The molecule has 0 aliphatic rings. The topological polar surface area (TPSA) is 68.0 Å². The Labute approximate surface area is 163 Å². The normalized spacial score (nSPS) is 12.7. The lowest BCUT2D eigenvalue weighted by molar-refractivity contribution is -0.121. The second kappa shape index (κ2) is 8.48. The van der Waals surface area contributed by atoms with E-state index in [0.717, 1.165) is 11.3 Å². The first-order valence-corrected chi connectivity index (χ1v) is 10.0. The van der Waals surface area contributed by atoms with Gasteiger partial charge in [0, 0.05) is 18.9 Å². The minimum absolute atomic E-state index is 0.00207. The maximum atomic E-state index is 12.3. The Morgan fingerprint density at radius 1 is 1.22 bits per heavy atom. The van der Waals surface area contributed by atoms with Crippen LogP contribution in [0.5, 0.6) is 0 Å². The van der Waals surface area contributed by atoms with Crippen molar-refractivity contribution in [2.24, 2.45) is 0 Å². The highest BCUT2D eigenvalue weighted by Crippen LogP contribution is 2.28. The van der Waals surface area contributed by atoms with Crippen molar-refractivity contribution >= 4 is 17.2 Å². The molecule has 0 saturated heterocycles. The number of nitrogens with one attached hydrogen (secondary N) is 1. The SMILES string of the molecule is CC(CC(C)(C)c1ccccc1)NC(=O)CCc1nc(-c2cccs2)no1. The van der Waals surface area contributed by atoms with Crippen molar-refractivity contribution in [3.63, 3.8) is 0 Å².